The molecule has 0 saturated carbocycles. The van der Waals surface area contributed by atoms with Crippen LogP contribution in [0.2, 0.25) is 0 Å². The topological polar surface area (TPSA) is 43.6 Å². The second-order valence-electron chi connectivity index (χ2n) is 4.49. The van der Waals surface area contributed by atoms with Gasteiger partial charge in [-0.1, -0.05) is 18.2 Å². The minimum atomic E-state index is 0.691. The van der Waals surface area contributed by atoms with Gasteiger partial charge in [0.2, 0.25) is 0 Å². The molecule has 3 rings (SSSR count). The summed E-state index contributed by atoms with van der Waals surface area (Å²) in [6.45, 7) is 4.15. The van der Waals surface area contributed by atoms with E-state index in [1.165, 1.54) is 11.1 Å². The van der Waals surface area contributed by atoms with Gasteiger partial charge in [0.15, 0.2) is 5.82 Å². The van der Waals surface area contributed by atoms with Crippen molar-refractivity contribution in [1.29, 1.82) is 0 Å². The van der Waals surface area contributed by atoms with Gasteiger partial charge in [-0.15, -0.1) is 5.10 Å². The molecular weight excluding hydrogens is 236 g/mol. The van der Waals surface area contributed by atoms with Crippen molar-refractivity contribution in [2.45, 2.75) is 13.8 Å². The summed E-state index contributed by atoms with van der Waals surface area (Å²) in [4.78, 5) is 8.45. The molecule has 94 valence electrons. The van der Waals surface area contributed by atoms with Gasteiger partial charge in [0.05, 0.1) is 5.69 Å². The Bertz CT molecular complexity index is 681. The highest BCUT2D eigenvalue weighted by Gasteiger charge is 2.09. The Labute approximate surface area is 111 Å². The fourth-order valence-electron chi connectivity index (χ4n) is 2.17. The van der Waals surface area contributed by atoms with Gasteiger partial charge < -0.3 is 0 Å². The van der Waals surface area contributed by atoms with E-state index in [9.17, 15) is 0 Å². The Morgan fingerprint density at radius 3 is 2.47 bits per heavy atom. The third-order valence-corrected chi connectivity index (χ3v) is 3.08. The van der Waals surface area contributed by atoms with Crippen LogP contribution in [-0.2, 0) is 0 Å². The predicted octanol–water partition coefficient (Wildman–Crippen LogP) is 2.95. The lowest BCUT2D eigenvalue weighted by Gasteiger charge is -2.08. The Morgan fingerprint density at radius 1 is 1.00 bits per heavy atom. The molecule has 0 atom stereocenters. The van der Waals surface area contributed by atoms with Gasteiger partial charge in [0.1, 0.15) is 6.33 Å². The highest BCUT2D eigenvalue weighted by Crippen LogP contribution is 2.19. The normalized spacial score (nSPS) is 10.6. The predicted molar refractivity (Wildman–Crippen MR) is 74.1 cm³/mol. The van der Waals surface area contributed by atoms with E-state index < -0.39 is 0 Å². The molecule has 0 aliphatic heterocycles. The van der Waals surface area contributed by atoms with Crippen LogP contribution in [0.1, 0.15) is 11.1 Å². The quantitative estimate of drug-likeness (QED) is 0.702. The van der Waals surface area contributed by atoms with Crippen LogP contribution >= 0.6 is 0 Å². The number of pyridine rings is 1. The first kappa shape index (κ1) is 11.6. The summed E-state index contributed by atoms with van der Waals surface area (Å²) in [5.41, 5.74) is 4.38. The van der Waals surface area contributed by atoms with Crippen molar-refractivity contribution in [3.8, 4) is 17.1 Å². The zero-order chi connectivity index (χ0) is 13.2. The molecule has 0 unspecified atom stereocenters. The second-order valence-corrected chi connectivity index (χ2v) is 4.49. The molecule has 0 bridgehead atoms. The third-order valence-electron chi connectivity index (χ3n) is 3.08. The average molecular weight is 250 g/mol. The zero-order valence-electron chi connectivity index (χ0n) is 10.9. The van der Waals surface area contributed by atoms with E-state index in [2.05, 4.69) is 41.0 Å². The first-order valence-electron chi connectivity index (χ1n) is 6.14. The maximum absolute atomic E-state index is 4.54. The minimum absolute atomic E-state index is 0.691. The first-order chi connectivity index (χ1) is 9.25. The smallest absolute Gasteiger partial charge is 0.183 e. The lowest BCUT2D eigenvalue weighted by Crippen LogP contribution is -2.00. The number of hydrogen-bond donors (Lipinski definition) is 0. The molecular formula is C15H14N4. The van der Waals surface area contributed by atoms with Crippen LogP contribution in [0, 0.1) is 13.8 Å². The van der Waals surface area contributed by atoms with Crippen molar-refractivity contribution in [3.05, 3.63) is 60.2 Å². The Kier molecular flexibility index (Phi) is 2.83. The highest BCUT2D eigenvalue weighted by molar-refractivity contribution is 5.53. The van der Waals surface area contributed by atoms with Crippen LogP contribution in [0.15, 0.2) is 49.1 Å². The zero-order valence-corrected chi connectivity index (χ0v) is 10.9. The number of hydrogen-bond acceptors (Lipinski definition) is 3. The van der Waals surface area contributed by atoms with Crippen LogP contribution in [-0.4, -0.2) is 19.7 Å². The summed E-state index contributed by atoms with van der Waals surface area (Å²) in [6.07, 6.45) is 5.26. The van der Waals surface area contributed by atoms with E-state index >= 15 is 0 Å². The fraction of sp³-hybridized carbons (Fsp3) is 0.133. The van der Waals surface area contributed by atoms with Crippen LogP contribution in [0.3, 0.4) is 0 Å². The van der Waals surface area contributed by atoms with E-state index in [1.54, 1.807) is 18.7 Å². The van der Waals surface area contributed by atoms with E-state index in [-0.39, 0.29) is 0 Å². The van der Waals surface area contributed by atoms with Crippen LogP contribution < -0.4 is 0 Å². The van der Waals surface area contributed by atoms with Crippen molar-refractivity contribution in [2.75, 3.05) is 0 Å². The van der Waals surface area contributed by atoms with Gasteiger partial charge in [0, 0.05) is 18.0 Å². The fourth-order valence-corrected chi connectivity index (χ4v) is 2.17. The van der Waals surface area contributed by atoms with Crippen molar-refractivity contribution >= 4 is 0 Å². The van der Waals surface area contributed by atoms with E-state index in [4.69, 9.17) is 0 Å². The number of aryl methyl sites for hydroxylation is 2. The second kappa shape index (κ2) is 4.65. The van der Waals surface area contributed by atoms with Crippen molar-refractivity contribution in [2.24, 2.45) is 0 Å². The summed E-state index contributed by atoms with van der Waals surface area (Å²) < 4.78 is 1.83. The minimum Gasteiger partial charge on any atom is -0.264 e. The molecule has 2 aromatic heterocycles. The summed E-state index contributed by atoms with van der Waals surface area (Å²) in [7, 11) is 0. The molecule has 2 heterocycles. The molecule has 19 heavy (non-hydrogen) atoms. The van der Waals surface area contributed by atoms with E-state index in [0.717, 1.165) is 11.3 Å². The van der Waals surface area contributed by atoms with Crippen molar-refractivity contribution in [3.63, 3.8) is 0 Å². The van der Waals surface area contributed by atoms with Crippen LogP contribution in [0.25, 0.3) is 17.1 Å². The number of rotatable bonds is 2. The van der Waals surface area contributed by atoms with Crippen LogP contribution in [0.4, 0.5) is 0 Å². The molecule has 4 nitrogen and oxygen atoms in total. The number of nitrogens with zero attached hydrogens (tertiary/aromatic N) is 4. The van der Waals surface area contributed by atoms with Gasteiger partial charge in [-0.3, -0.25) is 4.98 Å². The molecule has 0 spiro atoms. The molecule has 0 fully saturated rings. The lowest BCUT2D eigenvalue weighted by molar-refractivity contribution is 0.866. The molecule has 0 aliphatic carbocycles. The molecule has 1 aromatic carbocycles. The molecule has 0 N–H and O–H groups in total. The molecule has 0 amide bonds. The monoisotopic (exact) mass is 250 g/mol. The Morgan fingerprint density at radius 2 is 1.79 bits per heavy atom. The van der Waals surface area contributed by atoms with Gasteiger partial charge in [-0.2, -0.15) is 0 Å². The third kappa shape index (κ3) is 2.12. The first-order valence-corrected chi connectivity index (χ1v) is 6.14. The summed E-state index contributed by atoms with van der Waals surface area (Å²) in [5, 5.41) is 4.54. The standard InChI is InChI=1S/C15H14N4/c1-11-5-3-6-12(2)14(11)19-10-17-15(18-19)13-7-4-8-16-9-13/h3-10H,1-2H3. The Hall–Kier alpha value is -2.49. The summed E-state index contributed by atoms with van der Waals surface area (Å²) in [6, 6.07) is 10.0. The SMILES string of the molecule is Cc1cccc(C)c1-n1cnc(-c2cccnc2)n1. The Balaban J connectivity index is 2.07. The molecule has 0 saturated heterocycles. The number of benzene rings is 1. The van der Waals surface area contributed by atoms with Crippen LogP contribution in [0.5, 0.6) is 0 Å². The average Bonchev–Trinajstić information content (AvgIpc) is 2.89. The molecule has 4 heteroatoms. The molecule has 0 aliphatic rings. The maximum atomic E-state index is 4.54. The number of aromatic nitrogens is 4. The van der Waals surface area contributed by atoms with Crippen molar-refractivity contribution in [1.82, 2.24) is 19.7 Å². The van der Waals surface area contributed by atoms with Gasteiger partial charge in [-0.25, -0.2) is 9.67 Å². The maximum Gasteiger partial charge on any atom is 0.183 e. The van der Waals surface area contributed by atoms with Crippen molar-refractivity contribution < 1.29 is 0 Å². The van der Waals surface area contributed by atoms with Gasteiger partial charge >= 0.3 is 0 Å². The summed E-state index contributed by atoms with van der Waals surface area (Å²) in [5.74, 6) is 0.691. The van der Waals surface area contributed by atoms with E-state index in [1.807, 2.05) is 22.9 Å². The molecule has 0 radical (unpaired) electrons. The van der Waals surface area contributed by atoms with E-state index in [0.29, 0.717) is 5.82 Å². The van der Waals surface area contributed by atoms with Gasteiger partial charge in [0.25, 0.3) is 0 Å². The molecule has 3 aromatic rings. The highest BCUT2D eigenvalue weighted by atomic mass is 15.3. The lowest BCUT2D eigenvalue weighted by atomic mass is 10.1. The summed E-state index contributed by atoms with van der Waals surface area (Å²) >= 11 is 0. The van der Waals surface area contributed by atoms with Gasteiger partial charge in [-0.05, 0) is 37.1 Å². The largest absolute Gasteiger partial charge is 0.264 e. The number of para-hydroxylation sites is 1.